The van der Waals surface area contributed by atoms with Crippen molar-refractivity contribution in [2.75, 3.05) is 6.61 Å². The van der Waals surface area contributed by atoms with Crippen LogP contribution in [-0.4, -0.2) is 22.2 Å². The van der Waals surface area contributed by atoms with Crippen LogP contribution in [0.4, 0.5) is 0 Å². The maximum absolute atomic E-state index is 11.5. The van der Waals surface area contributed by atoms with E-state index in [0.29, 0.717) is 12.2 Å². The molecule has 4 nitrogen and oxygen atoms in total. The molecule has 1 N–H and O–H groups in total. The first-order valence-corrected chi connectivity index (χ1v) is 13.9. The largest absolute Gasteiger partial charge is 0.492 e. The lowest BCUT2D eigenvalue weighted by Crippen LogP contribution is -2.19. The van der Waals surface area contributed by atoms with E-state index in [1.807, 2.05) is 30.3 Å². The molecule has 5 rings (SSSR count). The standard InChI is InChI=1S/C25H29NO3.C11H10/c1-4-5-9-24-18(2)16-19(3)26(24)14-15-29-22-12-10-20(11-13-22)17-23(25(27)28)21-7-6-8-21;1-9-6-7-10-4-2-3-5-11(10)8-9/h4-5,9-13,16-17,21H,1,6-8,14-15H2,2-3H3,(H,27,28);2-8H,1H3/b9-5-,23-17+;. The maximum atomic E-state index is 11.5. The molecule has 40 heavy (non-hydrogen) atoms. The van der Waals surface area contributed by atoms with Gasteiger partial charge in [-0.3, -0.25) is 0 Å². The van der Waals surface area contributed by atoms with Crippen LogP contribution in [0.3, 0.4) is 0 Å². The van der Waals surface area contributed by atoms with E-state index in [1.54, 1.807) is 12.2 Å². The Kier molecular flexibility index (Phi) is 9.80. The molecule has 1 aliphatic carbocycles. The van der Waals surface area contributed by atoms with Gasteiger partial charge in [0.25, 0.3) is 0 Å². The molecule has 1 saturated carbocycles. The number of nitrogens with zero attached hydrogens (tertiary/aromatic N) is 1. The number of ether oxygens (including phenoxy) is 1. The summed E-state index contributed by atoms with van der Waals surface area (Å²) in [6.45, 7) is 11.4. The molecule has 0 saturated heterocycles. The Labute approximate surface area is 237 Å². The quantitative estimate of drug-likeness (QED) is 0.173. The predicted octanol–water partition coefficient (Wildman–Crippen LogP) is 8.80. The van der Waals surface area contributed by atoms with Crippen molar-refractivity contribution in [2.24, 2.45) is 5.92 Å². The molecule has 1 heterocycles. The average Bonchev–Trinajstić information content (AvgIpc) is 3.18. The van der Waals surface area contributed by atoms with Crippen LogP contribution in [0, 0.1) is 26.7 Å². The van der Waals surface area contributed by atoms with E-state index >= 15 is 0 Å². The van der Waals surface area contributed by atoms with E-state index in [4.69, 9.17) is 4.74 Å². The lowest BCUT2D eigenvalue weighted by molar-refractivity contribution is -0.133. The first-order valence-electron chi connectivity index (χ1n) is 13.9. The average molecular weight is 534 g/mol. The molecule has 206 valence electrons. The van der Waals surface area contributed by atoms with Crippen molar-refractivity contribution in [1.82, 2.24) is 4.57 Å². The van der Waals surface area contributed by atoms with Gasteiger partial charge >= 0.3 is 5.97 Å². The van der Waals surface area contributed by atoms with E-state index in [1.165, 1.54) is 33.3 Å². The van der Waals surface area contributed by atoms with E-state index in [9.17, 15) is 9.90 Å². The number of hydrogen-bond acceptors (Lipinski definition) is 2. The van der Waals surface area contributed by atoms with Crippen molar-refractivity contribution in [3.05, 3.63) is 125 Å². The third-order valence-electron chi connectivity index (χ3n) is 7.42. The maximum Gasteiger partial charge on any atom is 0.331 e. The summed E-state index contributed by atoms with van der Waals surface area (Å²) in [4.78, 5) is 11.5. The number of carbonyl (C=O) groups is 1. The van der Waals surface area contributed by atoms with Crippen LogP contribution >= 0.6 is 0 Å². The van der Waals surface area contributed by atoms with E-state index in [0.717, 1.165) is 37.1 Å². The zero-order valence-corrected chi connectivity index (χ0v) is 23.8. The number of benzene rings is 3. The summed E-state index contributed by atoms with van der Waals surface area (Å²) in [6, 6.07) is 24.7. The molecule has 4 aromatic rings. The molecule has 0 bridgehead atoms. The second-order valence-corrected chi connectivity index (χ2v) is 10.4. The lowest BCUT2D eigenvalue weighted by atomic mass is 9.79. The molecule has 1 fully saturated rings. The SMILES string of the molecule is C=C/C=C\c1c(C)cc(C)n1CCOc1ccc(/C=C(/C(=O)O)C2CCC2)cc1.Cc1ccc2ccccc2c1. The highest BCUT2D eigenvalue weighted by atomic mass is 16.5. The number of carboxylic acids is 1. The molecule has 0 radical (unpaired) electrons. The fourth-order valence-corrected chi connectivity index (χ4v) is 5.02. The van der Waals surface area contributed by atoms with Crippen LogP contribution in [-0.2, 0) is 11.3 Å². The first-order chi connectivity index (χ1) is 19.4. The summed E-state index contributed by atoms with van der Waals surface area (Å²) in [6.07, 6.45) is 10.6. The Morgan fingerprint density at radius 1 is 1.00 bits per heavy atom. The second kappa shape index (κ2) is 13.7. The number of hydrogen-bond donors (Lipinski definition) is 1. The Bertz CT molecular complexity index is 1520. The highest BCUT2D eigenvalue weighted by molar-refractivity contribution is 5.93. The number of aryl methyl sites for hydroxylation is 3. The molecule has 0 unspecified atom stereocenters. The van der Waals surface area contributed by atoms with Crippen LogP contribution in [0.1, 0.15) is 47.3 Å². The van der Waals surface area contributed by atoms with Crippen LogP contribution in [0.25, 0.3) is 22.9 Å². The Morgan fingerprint density at radius 3 is 2.38 bits per heavy atom. The Balaban J connectivity index is 0.000000278. The van der Waals surface area contributed by atoms with Crippen LogP contribution in [0.15, 0.2) is 97.1 Å². The van der Waals surface area contributed by atoms with Crippen LogP contribution in [0.5, 0.6) is 5.75 Å². The molecule has 0 spiro atoms. The molecular formula is C36H39NO3. The van der Waals surface area contributed by atoms with Crippen molar-refractivity contribution in [3.63, 3.8) is 0 Å². The van der Waals surface area contributed by atoms with Crippen LogP contribution < -0.4 is 4.74 Å². The normalized spacial score (nSPS) is 13.5. The monoisotopic (exact) mass is 533 g/mol. The van der Waals surface area contributed by atoms with Crippen molar-refractivity contribution in [2.45, 2.75) is 46.6 Å². The minimum Gasteiger partial charge on any atom is -0.492 e. The summed E-state index contributed by atoms with van der Waals surface area (Å²) in [5.74, 6) is 0.169. The number of allylic oxidation sites excluding steroid dienone is 2. The zero-order valence-electron chi connectivity index (χ0n) is 23.8. The molecule has 0 aliphatic heterocycles. The number of aromatic nitrogens is 1. The van der Waals surface area contributed by atoms with Gasteiger partial charge in [-0.05, 0) is 91.8 Å². The Morgan fingerprint density at radius 2 is 1.73 bits per heavy atom. The van der Waals surface area contributed by atoms with Crippen LogP contribution in [0.2, 0.25) is 0 Å². The minimum absolute atomic E-state index is 0.195. The zero-order chi connectivity index (χ0) is 28.5. The summed E-state index contributed by atoms with van der Waals surface area (Å²) < 4.78 is 8.16. The lowest BCUT2D eigenvalue weighted by Gasteiger charge is -2.25. The summed E-state index contributed by atoms with van der Waals surface area (Å²) in [5.41, 5.74) is 6.34. The number of fused-ring (bicyclic) bond motifs is 1. The van der Waals surface area contributed by atoms with Crippen molar-refractivity contribution >= 4 is 28.9 Å². The van der Waals surface area contributed by atoms with Gasteiger partial charge in [-0.1, -0.05) is 85.3 Å². The van der Waals surface area contributed by atoms with Gasteiger partial charge < -0.3 is 14.4 Å². The molecule has 1 aromatic heterocycles. The molecule has 3 aromatic carbocycles. The van der Waals surface area contributed by atoms with E-state index in [-0.39, 0.29) is 5.92 Å². The Hall–Kier alpha value is -4.31. The number of aliphatic carboxylic acids is 1. The third-order valence-corrected chi connectivity index (χ3v) is 7.42. The topological polar surface area (TPSA) is 51.5 Å². The highest BCUT2D eigenvalue weighted by Gasteiger charge is 2.26. The number of rotatable bonds is 9. The second-order valence-electron chi connectivity index (χ2n) is 10.4. The predicted molar refractivity (Wildman–Crippen MR) is 167 cm³/mol. The molecule has 0 amide bonds. The molecule has 0 atom stereocenters. The van der Waals surface area contributed by atoms with E-state index < -0.39 is 5.97 Å². The summed E-state index contributed by atoms with van der Waals surface area (Å²) in [7, 11) is 0. The summed E-state index contributed by atoms with van der Waals surface area (Å²) in [5, 5.41) is 12.1. The van der Waals surface area contributed by atoms with Gasteiger partial charge in [0, 0.05) is 17.0 Å². The smallest absolute Gasteiger partial charge is 0.331 e. The van der Waals surface area contributed by atoms with Gasteiger partial charge in [0.2, 0.25) is 0 Å². The minimum atomic E-state index is -0.811. The third kappa shape index (κ3) is 7.41. The van der Waals surface area contributed by atoms with Gasteiger partial charge in [0.05, 0.1) is 6.54 Å². The first kappa shape index (κ1) is 28.7. The van der Waals surface area contributed by atoms with Crippen molar-refractivity contribution < 1.29 is 14.6 Å². The van der Waals surface area contributed by atoms with Crippen molar-refractivity contribution in [1.29, 1.82) is 0 Å². The fraction of sp³-hybridized carbons (Fsp3) is 0.250. The molecular weight excluding hydrogens is 494 g/mol. The van der Waals surface area contributed by atoms with Gasteiger partial charge in [0.1, 0.15) is 12.4 Å². The molecule has 4 heteroatoms. The van der Waals surface area contributed by atoms with E-state index in [2.05, 4.69) is 86.5 Å². The molecule has 1 aliphatic rings. The number of carboxylic acid groups (broad SMARTS) is 1. The van der Waals surface area contributed by atoms with Gasteiger partial charge in [-0.2, -0.15) is 0 Å². The van der Waals surface area contributed by atoms with Crippen molar-refractivity contribution in [3.8, 4) is 5.75 Å². The van der Waals surface area contributed by atoms with Gasteiger partial charge in [0.15, 0.2) is 0 Å². The van der Waals surface area contributed by atoms with Gasteiger partial charge in [-0.15, -0.1) is 0 Å². The highest BCUT2D eigenvalue weighted by Crippen LogP contribution is 2.34. The summed E-state index contributed by atoms with van der Waals surface area (Å²) >= 11 is 0. The van der Waals surface area contributed by atoms with Gasteiger partial charge in [-0.25, -0.2) is 4.79 Å². The fourth-order valence-electron chi connectivity index (χ4n) is 5.02.